The average Bonchev–Trinajstić information content (AvgIpc) is 3.13. The first-order valence-corrected chi connectivity index (χ1v) is 7.58. The monoisotopic (exact) mass is 375 g/mol. The van der Waals surface area contributed by atoms with E-state index in [-0.39, 0.29) is 11.1 Å². The van der Waals surface area contributed by atoms with Gasteiger partial charge in [0.05, 0.1) is 17.3 Å². The van der Waals surface area contributed by atoms with Crippen LogP contribution in [0.1, 0.15) is 16.8 Å². The number of halogens is 5. The molecule has 0 bridgehead atoms. The lowest BCUT2D eigenvalue weighted by atomic mass is 10.0. The fourth-order valence-corrected chi connectivity index (χ4v) is 2.38. The first kappa shape index (κ1) is 18.3. The zero-order valence-corrected chi connectivity index (χ0v) is 13.5. The Morgan fingerprint density at radius 3 is 2.33 bits per heavy atom. The second kappa shape index (κ2) is 7.03. The third kappa shape index (κ3) is 4.03. The van der Waals surface area contributed by atoms with Gasteiger partial charge in [0.1, 0.15) is 11.6 Å². The maximum atomic E-state index is 13.8. The van der Waals surface area contributed by atoms with Gasteiger partial charge >= 0.3 is 6.18 Å². The number of hydrogen-bond donors (Lipinski definition) is 0. The number of benzene rings is 2. The van der Waals surface area contributed by atoms with Crippen LogP contribution in [0.25, 0.3) is 17.3 Å². The molecule has 0 aliphatic heterocycles. The molecule has 0 aliphatic carbocycles. The van der Waals surface area contributed by atoms with Crippen LogP contribution in [0.4, 0.5) is 22.0 Å². The van der Waals surface area contributed by atoms with Gasteiger partial charge in [-0.25, -0.2) is 13.5 Å². The molecule has 0 N–H and O–H groups in total. The van der Waals surface area contributed by atoms with Crippen molar-refractivity contribution in [2.24, 2.45) is 0 Å². The zero-order chi connectivity index (χ0) is 19.6. The highest BCUT2D eigenvalue weighted by Gasteiger charge is 2.33. The van der Waals surface area contributed by atoms with Crippen LogP contribution in [-0.4, -0.2) is 9.78 Å². The first-order chi connectivity index (χ1) is 12.8. The van der Waals surface area contributed by atoms with Gasteiger partial charge in [0.2, 0.25) is 0 Å². The number of nitriles is 1. The molecule has 0 fully saturated rings. The van der Waals surface area contributed by atoms with E-state index in [1.807, 2.05) is 6.07 Å². The molecular weight excluding hydrogens is 365 g/mol. The summed E-state index contributed by atoms with van der Waals surface area (Å²) in [6, 6.07) is 11.5. The van der Waals surface area contributed by atoms with Crippen molar-refractivity contribution >= 4 is 11.6 Å². The number of allylic oxidation sites excluding steroid dienone is 1. The Morgan fingerprint density at radius 1 is 1.04 bits per heavy atom. The molecule has 1 heterocycles. The molecule has 8 heteroatoms. The molecular formula is C19H10F5N3. The molecule has 1 aromatic heterocycles. The van der Waals surface area contributed by atoms with Crippen molar-refractivity contribution in [2.45, 2.75) is 6.18 Å². The van der Waals surface area contributed by atoms with Crippen LogP contribution < -0.4 is 0 Å². The third-order valence-electron chi connectivity index (χ3n) is 3.69. The van der Waals surface area contributed by atoms with Crippen LogP contribution in [0, 0.1) is 23.0 Å². The molecule has 0 spiro atoms. The summed E-state index contributed by atoms with van der Waals surface area (Å²) in [5.41, 5.74) is -0.415. The molecule has 3 nitrogen and oxygen atoms in total. The molecule has 0 atom stereocenters. The predicted molar refractivity (Wildman–Crippen MR) is 88.4 cm³/mol. The van der Waals surface area contributed by atoms with Crippen molar-refractivity contribution in [1.82, 2.24) is 9.78 Å². The fourth-order valence-electron chi connectivity index (χ4n) is 2.38. The maximum Gasteiger partial charge on any atom is 0.435 e. The Labute approximate surface area is 150 Å². The van der Waals surface area contributed by atoms with Gasteiger partial charge in [-0.3, -0.25) is 0 Å². The highest BCUT2D eigenvalue weighted by molar-refractivity contribution is 5.89. The summed E-state index contributed by atoms with van der Waals surface area (Å²) in [6.45, 7) is 0. The summed E-state index contributed by atoms with van der Waals surface area (Å²) in [7, 11) is 0. The lowest BCUT2D eigenvalue weighted by Crippen LogP contribution is -2.07. The summed E-state index contributed by atoms with van der Waals surface area (Å²) >= 11 is 0. The molecule has 3 rings (SSSR count). The van der Waals surface area contributed by atoms with Gasteiger partial charge in [0.25, 0.3) is 0 Å². The van der Waals surface area contributed by atoms with Crippen LogP contribution >= 0.6 is 0 Å². The molecule has 27 heavy (non-hydrogen) atoms. The van der Waals surface area contributed by atoms with E-state index in [2.05, 4.69) is 5.10 Å². The predicted octanol–water partition coefficient (Wildman–Crippen LogP) is 5.23. The van der Waals surface area contributed by atoms with Crippen molar-refractivity contribution in [3.05, 3.63) is 83.2 Å². The standard InChI is InChI=1S/C19H10F5N3/c20-14-3-6-17(21)16(10-14)13(11-25)9-12-1-4-15(5-2-12)27-8-7-18(26-27)19(22,23)24/h1-10H. The van der Waals surface area contributed by atoms with Gasteiger partial charge in [0.15, 0.2) is 5.69 Å². The number of alkyl halides is 3. The number of nitrogens with zero attached hydrogens (tertiary/aromatic N) is 3. The molecule has 0 amide bonds. The SMILES string of the molecule is N#CC(=Cc1ccc(-n2ccc(C(F)(F)F)n2)cc1)c1cc(F)ccc1F. The van der Waals surface area contributed by atoms with Crippen LogP contribution in [0.5, 0.6) is 0 Å². The molecule has 2 aromatic carbocycles. The molecule has 3 aromatic rings. The number of aromatic nitrogens is 2. The third-order valence-corrected chi connectivity index (χ3v) is 3.69. The van der Waals surface area contributed by atoms with Gasteiger partial charge < -0.3 is 0 Å². The van der Waals surface area contributed by atoms with E-state index >= 15 is 0 Å². The zero-order valence-electron chi connectivity index (χ0n) is 13.5. The van der Waals surface area contributed by atoms with Crippen molar-refractivity contribution in [1.29, 1.82) is 5.26 Å². The average molecular weight is 375 g/mol. The Hall–Kier alpha value is -3.47. The van der Waals surface area contributed by atoms with Crippen molar-refractivity contribution < 1.29 is 22.0 Å². The minimum Gasteiger partial charge on any atom is -0.240 e. The van der Waals surface area contributed by atoms with Crippen molar-refractivity contribution in [3.8, 4) is 11.8 Å². The summed E-state index contributed by atoms with van der Waals surface area (Å²) in [6.07, 6.45) is -2.01. The van der Waals surface area contributed by atoms with Gasteiger partial charge in [-0.05, 0) is 48.0 Å². The number of rotatable bonds is 3. The van der Waals surface area contributed by atoms with Crippen molar-refractivity contribution in [2.75, 3.05) is 0 Å². The first-order valence-electron chi connectivity index (χ1n) is 7.58. The molecule has 0 aliphatic rings. The highest BCUT2D eigenvalue weighted by Crippen LogP contribution is 2.28. The van der Waals surface area contributed by atoms with E-state index in [4.69, 9.17) is 0 Å². The minimum atomic E-state index is -4.54. The summed E-state index contributed by atoms with van der Waals surface area (Å²) < 4.78 is 66.1. The molecule has 0 radical (unpaired) electrons. The molecule has 0 unspecified atom stereocenters. The second-order valence-electron chi connectivity index (χ2n) is 5.53. The van der Waals surface area contributed by atoms with Crippen molar-refractivity contribution in [3.63, 3.8) is 0 Å². The maximum absolute atomic E-state index is 13.8. The van der Waals surface area contributed by atoms with E-state index in [9.17, 15) is 27.2 Å². The van der Waals surface area contributed by atoms with Gasteiger partial charge in [-0.1, -0.05) is 12.1 Å². The largest absolute Gasteiger partial charge is 0.435 e. The lowest BCUT2D eigenvalue weighted by Gasteiger charge is -2.05. The highest BCUT2D eigenvalue weighted by atomic mass is 19.4. The van der Waals surface area contributed by atoms with Crippen LogP contribution in [0.15, 0.2) is 54.7 Å². The quantitative estimate of drug-likeness (QED) is 0.357. The van der Waals surface area contributed by atoms with E-state index in [0.717, 1.165) is 28.9 Å². The normalized spacial score (nSPS) is 12.1. The number of hydrogen-bond acceptors (Lipinski definition) is 2. The Balaban J connectivity index is 1.91. The summed E-state index contributed by atoms with van der Waals surface area (Å²) in [4.78, 5) is 0. The van der Waals surface area contributed by atoms with Crippen LogP contribution in [0.3, 0.4) is 0 Å². The Morgan fingerprint density at radius 2 is 1.74 bits per heavy atom. The summed E-state index contributed by atoms with van der Waals surface area (Å²) in [5.74, 6) is -1.42. The lowest BCUT2D eigenvalue weighted by molar-refractivity contribution is -0.141. The Bertz CT molecular complexity index is 1040. The van der Waals surface area contributed by atoms with E-state index < -0.39 is 23.5 Å². The van der Waals surface area contributed by atoms with E-state index in [1.165, 1.54) is 36.5 Å². The van der Waals surface area contributed by atoms with Gasteiger partial charge in [-0.15, -0.1) is 0 Å². The Kier molecular flexibility index (Phi) is 4.77. The molecule has 136 valence electrons. The minimum absolute atomic E-state index is 0.0850. The smallest absolute Gasteiger partial charge is 0.240 e. The van der Waals surface area contributed by atoms with Gasteiger partial charge in [0, 0.05) is 11.8 Å². The second-order valence-corrected chi connectivity index (χ2v) is 5.53. The summed E-state index contributed by atoms with van der Waals surface area (Å²) in [5, 5.41) is 12.7. The van der Waals surface area contributed by atoms with E-state index in [0.29, 0.717) is 11.3 Å². The van der Waals surface area contributed by atoms with Gasteiger partial charge in [-0.2, -0.15) is 23.5 Å². The van der Waals surface area contributed by atoms with Crippen LogP contribution in [-0.2, 0) is 6.18 Å². The molecule has 0 saturated carbocycles. The molecule has 0 saturated heterocycles. The van der Waals surface area contributed by atoms with E-state index in [1.54, 1.807) is 0 Å². The fraction of sp³-hybridized carbons (Fsp3) is 0.0526. The topological polar surface area (TPSA) is 41.6 Å². The van der Waals surface area contributed by atoms with Crippen LogP contribution in [0.2, 0.25) is 0 Å².